The van der Waals surface area contributed by atoms with Crippen molar-refractivity contribution in [1.82, 2.24) is 14.5 Å². The zero-order valence-corrected chi connectivity index (χ0v) is 27.8. The molecule has 3 aromatic heterocycles. The molecule has 0 aliphatic carbocycles. The van der Waals surface area contributed by atoms with Gasteiger partial charge in [-0.05, 0) is 53.6 Å². The zero-order chi connectivity index (χ0) is 33.0. The fourth-order valence-electron chi connectivity index (χ4n) is 7.24. The number of fused-ring (bicyclic) bond motifs is 6. The van der Waals surface area contributed by atoms with Gasteiger partial charge < -0.3 is 4.57 Å². The van der Waals surface area contributed by atoms with Gasteiger partial charge in [-0.2, -0.15) is 0 Å². The molecule has 3 heterocycles. The quantitative estimate of drug-likeness (QED) is 0.185. The molecule has 0 fully saturated rings. The topological polar surface area (TPSA) is 30.7 Å². The maximum Gasteiger partial charge on any atom is 0.161 e. The molecular formula is C46H29N3S. The monoisotopic (exact) mass is 655 g/mol. The lowest BCUT2D eigenvalue weighted by molar-refractivity contribution is 1.17. The van der Waals surface area contributed by atoms with E-state index in [1.54, 1.807) is 11.3 Å². The summed E-state index contributed by atoms with van der Waals surface area (Å²) in [6.45, 7) is 0. The Labute approximate surface area is 293 Å². The summed E-state index contributed by atoms with van der Waals surface area (Å²) in [4.78, 5) is 10.6. The third-order valence-electron chi connectivity index (χ3n) is 9.64. The Morgan fingerprint density at radius 2 is 1.00 bits per heavy atom. The third-order valence-corrected chi connectivity index (χ3v) is 10.9. The summed E-state index contributed by atoms with van der Waals surface area (Å²) in [5, 5.41) is 4.95. The molecule has 0 N–H and O–H groups in total. The molecule has 0 radical (unpaired) electrons. The van der Waals surface area contributed by atoms with Crippen LogP contribution in [-0.4, -0.2) is 14.5 Å². The number of para-hydroxylation sites is 2. The van der Waals surface area contributed by atoms with Crippen LogP contribution in [0.2, 0.25) is 0 Å². The summed E-state index contributed by atoms with van der Waals surface area (Å²) in [5.41, 5.74) is 10.8. The number of nitrogens with zero attached hydrogens (tertiary/aromatic N) is 3. The first-order valence-electron chi connectivity index (χ1n) is 16.8. The average Bonchev–Trinajstić information content (AvgIpc) is 3.74. The summed E-state index contributed by atoms with van der Waals surface area (Å²) in [6.07, 6.45) is 0. The first-order valence-corrected chi connectivity index (χ1v) is 17.6. The Hall–Kier alpha value is -6.36. The molecule has 0 spiro atoms. The molecule has 7 aromatic carbocycles. The highest BCUT2D eigenvalue weighted by Gasteiger charge is 2.18. The van der Waals surface area contributed by atoms with Gasteiger partial charge in [0.05, 0.1) is 22.4 Å². The van der Waals surface area contributed by atoms with Crippen LogP contribution in [0.4, 0.5) is 0 Å². The number of thiophene rings is 1. The van der Waals surface area contributed by atoms with E-state index in [9.17, 15) is 0 Å². The van der Waals surface area contributed by atoms with Gasteiger partial charge in [0.1, 0.15) is 0 Å². The third kappa shape index (κ3) is 4.73. The van der Waals surface area contributed by atoms with E-state index < -0.39 is 0 Å². The van der Waals surface area contributed by atoms with Crippen molar-refractivity contribution in [2.45, 2.75) is 0 Å². The summed E-state index contributed by atoms with van der Waals surface area (Å²) in [6, 6.07) is 62.5. The highest BCUT2D eigenvalue weighted by molar-refractivity contribution is 7.26. The minimum absolute atomic E-state index is 0.727. The number of benzene rings is 7. The van der Waals surface area contributed by atoms with Crippen molar-refractivity contribution in [2.75, 3.05) is 0 Å². The SMILES string of the molecule is c1ccc(-c2ccc(-c3cc(-c4ccc5c6ccccc6n(-c6ccccc6)c5c4)nc(-c4cccc5c4sc4ccccc45)n3)cc2)cc1. The Bertz CT molecular complexity index is 2850. The number of hydrogen-bond acceptors (Lipinski definition) is 3. The first kappa shape index (κ1) is 28.6. The van der Waals surface area contributed by atoms with Crippen molar-refractivity contribution in [2.24, 2.45) is 0 Å². The van der Waals surface area contributed by atoms with Crippen LogP contribution in [0.25, 0.3) is 92.7 Å². The highest BCUT2D eigenvalue weighted by atomic mass is 32.1. The van der Waals surface area contributed by atoms with Gasteiger partial charge in [-0.15, -0.1) is 11.3 Å². The van der Waals surface area contributed by atoms with Crippen LogP contribution in [0.15, 0.2) is 176 Å². The van der Waals surface area contributed by atoms with Crippen molar-refractivity contribution in [3.63, 3.8) is 0 Å². The Balaban J connectivity index is 1.20. The molecule has 50 heavy (non-hydrogen) atoms. The molecule has 0 aliphatic heterocycles. The highest BCUT2D eigenvalue weighted by Crippen LogP contribution is 2.41. The fourth-order valence-corrected chi connectivity index (χ4v) is 8.45. The molecule has 234 valence electrons. The zero-order valence-electron chi connectivity index (χ0n) is 27.0. The lowest BCUT2D eigenvalue weighted by Gasteiger charge is -2.12. The summed E-state index contributed by atoms with van der Waals surface area (Å²) < 4.78 is 4.83. The van der Waals surface area contributed by atoms with Gasteiger partial charge in [0.15, 0.2) is 5.82 Å². The maximum absolute atomic E-state index is 5.33. The van der Waals surface area contributed by atoms with E-state index >= 15 is 0 Å². The van der Waals surface area contributed by atoms with Crippen LogP contribution < -0.4 is 0 Å². The molecule has 0 aliphatic rings. The van der Waals surface area contributed by atoms with Crippen LogP contribution >= 0.6 is 11.3 Å². The van der Waals surface area contributed by atoms with Gasteiger partial charge in [-0.1, -0.05) is 133 Å². The molecule has 0 atom stereocenters. The Morgan fingerprint density at radius 1 is 0.400 bits per heavy atom. The predicted molar refractivity (Wildman–Crippen MR) is 211 cm³/mol. The van der Waals surface area contributed by atoms with Gasteiger partial charge in [0, 0.05) is 53.3 Å². The van der Waals surface area contributed by atoms with Crippen LogP contribution in [-0.2, 0) is 0 Å². The van der Waals surface area contributed by atoms with Crippen molar-refractivity contribution < 1.29 is 0 Å². The Kier molecular flexibility index (Phi) is 6.68. The minimum Gasteiger partial charge on any atom is -0.309 e. The number of hydrogen-bond donors (Lipinski definition) is 0. The van der Waals surface area contributed by atoms with Crippen molar-refractivity contribution in [3.8, 4) is 50.7 Å². The summed E-state index contributed by atoms with van der Waals surface area (Å²) >= 11 is 1.81. The molecule has 10 aromatic rings. The van der Waals surface area contributed by atoms with E-state index in [-0.39, 0.29) is 0 Å². The standard InChI is InChI=1S/C46H29N3S/c1-3-12-30(13-4-1)31-22-24-32(25-23-31)40-29-41(48-46(47-40)39-19-11-18-38-37-17-8-10-21-44(37)50-45(38)39)33-26-27-36-35-16-7-9-20-42(35)49(43(36)28-33)34-14-5-2-6-15-34/h1-29H. The van der Waals surface area contributed by atoms with E-state index in [2.05, 4.69) is 180 Å². The molecule has 4 heteroatoms. The molecule has 0 amide bonds. The van der Waals surface area contributed by atoms with Crippen molar-refractivity contribution in [1.29, 1.82) is 0 Å². The van der Waals surface area contributed by atoms with Crippen molar-refractivity contribution in [3.05, 3.63) is 176 Å². The normalized spacial score (nSPS) is 11.6. The lowest BCUT2D eigenvalue weighted by Crippen LogP contribution is -1.97. The summed E-state index contributed by atoms with van der Waals surface area (Å²) in [7, 11) is 0. The van der Waals surface area contributed by atoms with Gasteiger partial charge in [-0.3, -0.25) is 0 Å². The van der Waals surface area contributed by atoms with E-state index in [1.807, 2.05) is 0 Å². The summed E-state index contributed by atoms with van der Waals surface area (Å²) in [5.74, 6) is 0.727. The molecule has 0 saturated heterocycles. The minimum atomic E-state index is 0.727. The largest absolute Gasteiger partial charge is 0.309 e. The van der Waals surface area contributed by atoms with Crippen LogP contribution in [0.1, 0.15) is 0 Å². The van der Waals surface area contributed by atoms with Crippen LogP contribution in [0.3, 0.4) is 0 Å². The van der Waals surface area contributed by atoms with Gasteiger partial charge in [0.25, 0.3) is 0 Å². The second kappa shape index (κ2) is 11.7. The van der Waals surface area contributed by atoms with E-state index in [0.717, 1.165) is 45.1 Å². The van der Waals surface area contributed by atoms with E-state index in [4.69, 9.17) is 9.97 Å². The van der Waals surface area contributed by atoms with E-state index in [0.29, 0.717) is 0 Å². The molecule has 3 nitrogen and oxygen atoms in total. The van der Waals surface area contributed by atoms with E-state index in [1.165, 1.54) is 47.6 Å². The van der Waals surface area contributed by atoms with Crippen LogP contribution in [0, 0.1) is 0 Å². The molecule has 10 rings (SSSR count). The number of aromatic nitrogens is 3. The predicted octanol–water partition coefficient (Wildman–Crippen LogP) is 12.6. The Morgan fingerprint density at radius 3 is 1.82 bits per heavy atom. The first-order chi connectivity index (χ1) is 24.8. The average molecular weight is 656 g/mol. The van der Waals surface area contributed by atoms with Gasteiger partial charge in [0.2, 0.25) is 0 Å². The molecule has 0 bridgehead atoms. The van der Waals surface area contributed by atoms with Crippen molar-refractivity contribution >= 4 is 53.3 Å². The lowest BCUT2D eigenvalue weighted by atomic mass is 10.0. The second-order valence-electron chi connectivity index (χ2n) is 12.6. The van der Waals surface area contributed by atoms with Gasteiger partial charge >= 0.3 is 0 Å². The maximum atomic E-state index is 5.33. The van der Waals surface area contributed by atoms with Crippen LogP contribution in [0.5, 0.6) is 0 Å². The smallest absolute Gasteiger partial charge is 0.161 e. The molecular weight excluding hydrogens is 627 g/mol. The second-order valence-corrected chi connectivity index (χ2v) is 13.7. The molecule has 0 unspecified atom stereocenters. The number of rotatable bonds is 5. The molecule has 0 saturated carbocycles. The fraction of sp³-hybridized carbons (Fsp3) is 0. The van der Waals surface area contributed by atoms with Gasteiger partial charge in [-0.25, -0.2) is 9.97 Å².